The predicted molar refractivity (Wildman–Crippen MR) is 124 cm³/mol. The van der Waals surface area contributed by atoms with Gasteiger partial charge in [0, 0.05) is 12.2 Å². The Morgan fingerprint density at radius 3 is 2.06 bits per heavy atom. The highest BCUT2D eigenvalue weighted by molar-refractivity contribution is 7.80. The number of nitrogens with two attached hydrogens (primary N) is 1. The van der Waals surface area contributed by atoms with E-state index in [2.05, 4.69) is 28.6 Å². The van der Waals surface area contributed by atoms with Crippen LogP contribution in [0.25, 0.3) is 0 Å². The average Bonchev–Trinajstić information content (AvgIpc) is 2.79. The number of phenols is 1. The summed E-state index contributed by atoms with van der Waals surface area (Å²) in [6.07, 6.45) is 0.502. The van der Waals surface area contributed by atoms with Gasteiger partial charge in [0.15, 0.2) is 0 Å². The minimum atomic E-state index is -1.56. The number of carbonyl (C=O) groups is 4. The molecule has 11 nitrogen and oxygen atoms in total. The van der Waals surface area contributed by atoms with Crippen molar-refractivity contribution in [3.8, 4) is 5.75 Å². The van der Waals surface area contributed by atoms with E-state index in [0.29, 0.717) is 12.0 Å². The molecule has 184 valence electrons. The lowest BCUT2D eigenvalue weighted by Gasteiger charge is -2.27. The highest BCUT2D eigenvalue weighted by Crippen LogP contribution is 2.13. The number of amides is 3. The van der Waals surface area contributed by atoms with Gasteiger partial charge in [-0.1, -0.05) is 32.4 Å². The minimum Gasteiger partial charge on any atom is -0.508 e. The normalized spacial score (nSPS) is 15.4. The van der Waals surface area contributed by atoms with Gasteiger partial charge in [0.25, 0.3) is 0 Å². The van der Waals surface area contributed by atoms with Gasteiger partial charge in [-0.3, -0.25) is 14.4 Å². The number of carboxylic acid groups (broad SMARTS) is 1. The van der Waals surface area contributed by atoms with Gasteiger partial charge >= 0.3 is 5.97 Å². The highest BCUT2D eigenvalue weighted by Gasteiger charge is 2.32. The first kappa shape index (κ1) is 28.2. The molecule has 0 saturated carbocycles. The summed E-state index contributed by atoms with van der Waals surface area (Å²) in [6.45, 7) is 2.74. The molecule has 0 bridgehead atoms. The van der Waals surface area contributed by atoms with Gasteiger partial charge in [-0.25, -0.2) is 4.79 Å². The number of hydrogen-bond acceptors (Lipinski definition) is 8. The van der Waals surface area contributed by atoms with Gasteiger partial charge in [0.05, 0.1) is 12.6 Å². The number of aliphatic hydroxyl groups excluding tert-OH is 1. The molecule has 0 saturated heterocycles. The van der Waals surface area contributed by atoms with Crippen molar-refractivity contribution in [1.29, 1.82) is 0 Å². The number of carboxylic acids is 1. The van der Waals surface area contributed by atoms with Crippen molar-refractivity contribution in [2.45, 2.75) is 50.9 Å². The van der Waals surface area contributed by atoms with Gasteiger partial charge < -0.3 is 37.0 Å². The van der Waals surface area contributed by atoms with E-state index in [1.54, 1.807) is 19.1 Å². The molecule has 8 N–H and O–H groups in total. The van der Waals surface area contributed by atoms with Crippen molar-refractivity contribution >= 4 is 36.3 Å². The molecule has 0 spiro atoms. The Hall–Kier alpha value is -2.83. The third-order valence-electron chi connectivity index (χ3n) is 5.13. The van der Waals surface area contributed by atoms with Crippen molar-refractivity contribution < 1.29 is 34.5 Å². The third kappa shape index (κ3) is 8.91. The lowest BCUT2D eigenvalue weighted by atomic mass is 9.96. The number of rotatable bonds is 13. The summed E-state index contributed by atoms with van der Waals surface area (Å²) in [5, 5.41) is 35.1. The van der Waals surface area contributed by atoms with Crippen molar-refractivity contribution in [2.24, 2.45) is 11.7 Å². The van der Waals surface area contributed by atoms with Gasteiger partial charge in [-0.2, -0.15) is 12.6 Å². The van der Waals surface area contributed by atoms with E-state index >= 15 is 0 Å². The van der Waals surface area contributed by atoms with Crippen LogP contribution in [0.5, 0.6) is 5.75 Å². The van der Waals surface area contributed by atoms with Crippen molar-refractivity contribution in [3.05, 3.63) is 29.8 Å². The van der Waals surface area contributed by atoms with Crippen LogP contribution in [0.15, 0.2) is 24.3 Å². The first-order valence-corrected chi connectivity index (χ1v) is 11.1. The fourth-order valence-electron chi connectivity index (χ4n) is 2.84. The topological polar surface area (TPSA) is 191 Å². The van der Waals surface area contributed by atoms with Crippen LogP contribution in [0.1, 0.15) is 25.8 Å². The minimum absolute atomic E-state index is 0.00934. The fourth-order valence-corrected chi connectivity index (χ4v) is 3.01. The summed E-state index contributed by atoms with van der Waals surface area (Å²) in [4.78, 5) is 49.3. The Morgan fingerprint density at radius 1 is 1.00 bits per heavy atom. The van der Waals surface area contributed by atoms with Crippen LogP contribution >= 0.6 is 12.6 Å². The number of benzene rings is 1. The second kappa shape index (κ2) is 13.7. The lowest BCUT2D eigenvalue weighted by molar-refractivity contribution is -0.143. The average molecular weight is 485 g/mol. The van der Waals surface area contributed by atoms with E-state index in [0.717, 1.165) is 0 Å². The van der Waals surface area contributed by atoms with Crippen LogP contribution in [0.2, 0.25) is 0 Å². The Labute approximate surface area is 197 Å². The van der Waals surface area contributed by atoms with Gasteiger partial charge in [0.1, 0.15) is 23.9 Å². The molecule has 1 aromatic rings. The van der Waals surface area contributed by atoms with Crippen LogP contribution < -0.4 is 21.7 Å². The number of carbonyl (C=O) groups excluding carboxylic acids is 3. The van der Waals surface area contributed by atoms with Crippen LogP contribution in [0.3, 0.4) is 0 Å². The quantitative estimate of drug-likeness (QED) is 0.160. The molecule has 33 heavy (non-hydrogen) atoms. The van der Waals surface area contributed by atoms with Crippen LogP contribution in [-0.2, 0) is 25.6 Å². The molecule has 0 fully saturated rings. The van der Waals surface area contributed by atoms with Crippen molar-refractivity contribution in [1.82, 2.24) is 16.0 Å². The summed E-state index contributed by atoms with van der Waals surface area (Å²) in [5.74, 6) is -3.72. The van der Waals surface area contributed by atoms with Gasteiger partial charge in [-0.05, 0) is 23.6 Å². The molecule has 0 aromatic heterocycles. The van der Waals surface area contributed by atoms with Gasteiger partial charge in [0.2, 0.25) is 17.7 Å². The molecule has 1 rings (SSSR count). The van der Waals surface area contributed by atoms with Crippen LogP contribution in [0.4, 0.5) is 0 Å². The maximum absolute atomic E-state index is 13.1. The smallest absolute Gasteiger partial charge is 0.328 e. The molecule has 0 aliphatic rings. The maximum Gasteiger partial charge on any atom is 0.328 e. The SMILES string of the molecule is CCC(C)C(NC(=O)C(N)CS)C(=O)NC(Cc1ccc(O)cc1)C(=O)NC(CO)C(=O)O. The molecular formula is C21H32N4O7S. The zero-order chi connectivity index (χ0) is 25.1. The third-order valence-corrected chi connectivity index (χ3v) is 5.53. The van der Waals surface area contributed by atoms with E-state index in [1.807, 2.05) is 6.92 Å². The molecule has 5 unspecified atom stereocenters. The summed E-state index contributed by atoms with van der Waals surface area (Å²) in [6, 6.07) is 1.18. The van der Waals surface area contributed by atoms with E-state index in [9.17, 15) is 29.4 Å². The predicted octanol–water partition coefficient (Wildman–Crippen LogP) is -1.23. The summed E-state index contributed by atoms with van der Waals surface area (Å²) in [7, 11) is 0. The second-order valence-corrected chi connectivity index (χ2v) is 8.04. The molecule has 0 aliphatic heterocycles. The first-order chi connectivity index (χ1) is 15.5. The van der Waals surface area contributed by atoms with E-state index in [1.165, 1.54) is 12.1 Å². The lowest BCUT2D eigenvalue weighted by Crippen LogP contribution is -2.59. The summed E-state index contributed by atoms with van der Waals surface area (Å²) in [5.41, 5.74) is 6.26. The second-order valence-electron chi connectivity index (χ2n) is 7.67. The molecule has 1 aromatic carbocycles. The van der Waals surface area contributed by atoms with E-state index in [4.69, 9.17) is 10.8 Å². The first-order valence-electron chi connectivity index (χ1n) is 10.4. The van der Waals surface area contributed by atoms with E-state index in [-0.39, 0.29) is 23.8 Å². The molecule has 3 amide bonds. The zero-order valence-corrected chi connectivity index (χ0v) is 19.4. The molecule has 0 heterocycles. The summed E-state index contributed by atoms with van der Waals surface area (Å²) < 4.78 is 0. The van der Waals surface area contributed by atoms with Crippen LogP contribution in [-0.4, -0.2) is 75.5 Å². The maximum atomic E-state index is 13.1. The number of phenolic OH excluding ortho intramolecular Hbond substituents is 1. The fraction of sp³-hybridized carbons (Fsp3) is 0.524. The monoisotopic (exact) mass is 484 g/mol. The molecule has 0 aliphatic carbocycles. The van der Waals surface area contributed by atoms with Crippen molar-refractivity contribution in [3.63, 3.8) is 0 Å². The molecule has 0 radical (unpaired) electrons. The largest absolute Gasteiger partial charge is 0.508 e. The molecular weight excluding hydrogens is 452 g/mol. The van der Waals surface area contributed by atoms with Crippen molar-refractivity contribution in [2.75, 3.05) is 12.4 Å². The number of aliphatic hydroxyl groups is 1. The number of aromatic hydroxyl groups is 1. The Morgan fingerprint density at radius 2 is 1.58 bits per heavy atom. The number of hydrogen-bond donors (Lipinski definition) is 8. The standard InChI is InChI=1S/C21H32N4O7S/c1-3-11(2)17(25-18(28)14(22)10-33)20(30)23-15(8-12-4-6-13(27)7-5-12)19(29)24-16(9-26)21(31)32/h4-7,11,14-17,26-27,33H,3,8-10,22H2,1-2H3,(H,23,30)(H,24,29)(H,25,28)(H,31,32). The molecule has 12 heteroatoms. The zero-order valence-electron chi connectivity index (χ0n) is 18.5. The van der Waals surface area contributed by atoms with Gasteiger partial charge in [-0.15, -0.1) is 0 Å². The van der Waals surface area contributed by atoms with E-state index < -0.39 is 54.5 Å². The van der Waals surface area contributed by atoms with Crippen LogP contribution in [0, 0.1) is 5.92 Å². The molecule has 5 atom stereocenters. The highest BCUT2D eigenvalue weighted by atomic mass is 32.1. The number of thiol groups is 1. The Bertz CT molecular complexity index is 821. The Balaban J connectivity index is 3.14. The number of nitrogens with one attached hydrogen (secondary N) is 3. The Kier molecular flexibility index (Phi) is 11.7. The summed E-state index contributed by atoms with van der Waals surface area (Å²) >= 11 is 3.98. The number of aliphatic carboxylic acids is 1.